The fraction of sp³-hybridized carbons (Fsp3) is 0.450. The summed E-state index contributed by atoms with van der Waals surface area (Å²) in [5, 5.41) is 0. The minimum atomic E-state index is -0.327. The van der Waals surface area contributed by atoms with E-state index in [-0.39, 0.29) is 23.3 Å². The molecule has 3 aliphatic heterocycles. The summed E-state index contributed by atoms with van der Waals surface area (Å²) in [4.78, 5) is 30.3. The van der Waals surface area contributed by atoms with Crippen molar-refractivity contribution < 1.29 is 14.3 Å². The van der Waals surface area contributed by atoms with Crippen LogP contribution in [0.3, 0.4) is 0 Å². The van der Waals surface area contributed by atoms with Crippen LogP contribution in [0.25, 0.3) is 5.57 Å². The Morgan fingerprint density at radius 1 is 1.30 bits per heavy atom. The number of hydrogen-bond donors (Lipinski definition) is 0. The standard InChI is InChI=1S/C20H22N2O3S2/c1-6-21-18(24)16(27-19(21)26)14-13-8-11(25-5)7-12-10(2)9-20(3,4)22(15(12)13)17(14)23/h7-8,10H,6,9H2,1-5H3/b16-14-/t10-/m1/s1. The Hall–Kier alpha value is -1.86. The average Bonchev–Trinajstić information content (AvgIpc) is 3.05. The summed E-state index contributed by atoms with van der Waals surface area (Å²) in [6.07, 6.45) is 0.849. The van der Waals surface area contributed by atoms with Crippen molar-refractivity contribution in [3.8, 4) is 5.75 Å². The molecular formula is C20H22N2O3S2. The molecule has 5 nitrogen and oxygen atoms in total. The number of methoxy groups -OCH3 is 1. The number of carbonyl (C=O) groups is 2. The lowest BCUT2D eigenvalue weighted by Gasteiger charge is -2.43. The van der Waals surface area contributed by atoms with Gasteiger partial charge in [0.25, 0.3) is 11.8 Å². The van der Waals surface area contributed by atoms with Gasteiger partial charge in [0.2, 0.25) is 0 Å². The van der Waals surface area contributed by atoms with Gasteiger partial charge in [-0.05, 0) is 50.8 Å². The van der Waals surface area contributed by atoms with Gasteiger partial charge in [-0.25, -0.2) is 0 Å². The van der Waals surface area contributed by atoms with Crippen molar-refractivity contribution in [2.75, 3.05) is 18.6 Å². The lowest BCUT2D eigenvalue weighted by molar-refractivity contribution is -0.122. The highest BCUT2D eigenvalue weighted by molar-refractivity contribution is 8.26. The first-order chi connectivity index (χ1) is 12.7. The molecule has 142 valence electrons. The Kier molecular flexibility index (Phi) is 4.16. The third kappa shape index (κ3) is 2.48. The van der Waals surface area contributed by atoms with Crippen molar-refractivity contribution in [2.45, 2.75) is 45.6 Å². The van der Waals surface area contributed by atoms with Crippen LogP contribution in [0.2, 0.25) is 0 Å². The average molecular weight is 403 g/mol. The van der Waals surface area contributed by atoms with E-state index in [0.717, 1.165) is 23.2 Å². The number of carbonyl (C=O) groups excluding carboxylic acids is 2. The minimum absolute atomic E-state index is 0.118. The first kappa shape index (κ1) is 18.5. The summed E-state index contributed by atoms with van der Waals surface area (Å²) in [6, 6.07) is 3.89. The quantitative estimate of drug-likeness (QED) is 0.554. The number of nitrogens with zero attached hydrogens (tertiary/aromatic N) is 2. The molecule has 0 saturated carbocycles. The van der Waals surface area contributed by atoms with Gasteiger partial charge in [0.05, 0.1) is 23.3 Å². The molecule has 2 amide bonds. The number of hydrogen-bond acceptors (Lipinski definition) is 5. The van der Waals surface area contributed by atoms with Gasteiger partial charge in [0.1, 0.15) is 10.1 Å². The summed E-state index contributed by atoms with van der Waals surface area (Å²) >= 11 is 6.58. The first-order valence-electron chi connectivity index (χ1n) is 9.06. The summed E-state index contributed by atoms with van der Waals surface area (Å²) < 4.78 is 6.00. The highest BCUT2D eigenvalue weighted by Crippen LogP contribution is 2.55. The molecule has 1 atom stereocenters. The largest absolute Gasteiger partial charge is 0.497 e. The van der Waals surface area contributed by atoms with Crippen LogP contribution >= 0.6 is 24.0 Å². The van der Waals surface area contributed by atoms with E-state index in [1.165, 1.54) is 11.8 Å². The third-order valence-corrected chi connectivity index (χ3v) is 7.04. The Morgan fingerprint density at radius 3 is 2.59 bits per heavy atom. The van der Waals surface area contributed by atoms with Crippen molar-refractivity contribution in [2.24, 2.45) is 0 Å². The molecule has 1 aromatic carbocycles. The molecule has 3 aliphatic rings. The topological polar surface area (TPSA) is 49.9 Å². The van der Waals surface area contributed by atoms with E-state index in [1.54, 1.807) is 12.0 Å². The highest BCUT2D eigenvalue weighted by Gasteiger charge is 2.50. The number of amides is 2. The second-order valence-electron chi connectivity index (χ2n) is 7.79. The van der Waals surface area contributed by atoms with E-state index in [4.69, 9.17) is 17.0 Å². The maximum Gasteiger partial charge on any atom is 0.266 e. The summed E-state index contributed by atoms with van der Waals surface area (Å²) in [5.41, 5.74) is 2.93. The zero-order valence-corrected chi connectivity index (χ0v) is 17.7. The number of thioether (sulfide) groups is 1. The second-order valence-corrected chi connectivity index (χ2v) is 9.44. The smallest absolute Gasteiger partial charge is 0.266 e. The monoisotopic (exact) mass is 402 g/mol. The van der Waals surface area contributed by atoms with E-state index >= 15 is 0 Å². The van der Waals surface area contributed by atoms with Crippen molar-refractivity contribution in [1.29, 1.82) is 0 Å². The molecule has 1 fully saturated rings. The van der Waals surface area contributed by atoms with Crippen molar-refractivity contribution >= 4 is 51.4 Å². The minimum Gasteiger partial charge on any atom is -0.497 e. The van der Waals surface area contributed by atoms with Gasteiger partial charge < -0.3 is 9.64 Å². The fourth-order valence-electron chi connectivity index (χ4n) is 4.46. The molecule has 27 heavy (non-hydrogen) atoms. The van der Waals surface area contributed by atoms with Crippen LogP contribution in [-0.2, 0) is 9.59 Å². The second kappa shape index (κ2) is 6.07. The molecular weight excluding hydrogens is 380 g/mol. The van der Waals surface area contributed by atoms with Crippen LogP contribution in [0.1, 0.15) is 51.2 Å². The Balaban J connectivity index is 2.02. The van der Waals surface area contributed by atoms with E-state index in [0.29, 0.717) is 27.1 Å². The van der Waals surface area contributed by atoms with Crippen LogP contribution in [0.15, 0.2) is 17.0 Å². The van der Waals surface area contributed by atoms with E-state index in [1.807, 2.05) is 24.0 Å². The SMILES string of the molecule is CCN1C(=O)/C(=C2/C(=O)N3c4c2cc(OC)cc4[C@H](C)CC3(C)C)SC1=S. The molecule has 7 heteroatoms. The van der Waals surface area contributed by atoms with Crippen LogP contribution in [-0.4, -0.2) is 40.2 Å². The molecule has 0 radical (unpaired) electrons. The van der Waals surface area contributed by atoms with Gasteiger partial charge in [0.15, 0.2) is 0 Å². The van der Waals surface area contributed by atoms with Crippen molar-refractivity contribution in [1.82, 2.24) is 4.90 Å². The van der Waals surface area contributed by atoms with Gasteiger partial charge >= 0.3 is 0 Å². The Bertz CT molecular complexity index is 935. The molecule has 0 unspecified atom stereocenters. The lowest BCUT2D eigenvalue weighted by atomic mass is 9.80. The number of benzene rings is 1. The lowest BCUT2D eigenvalue weighted by Crippen LogP contribution is -2.49. The predicted molar refractivity (Wildman–Crippen MR) is 112 cm³/mol. The molecule has 0 N–H and O–H groups in total. The molecule has 0 aliphatic carbocycles. The zero-order chi connectivity index (χ0) is 19.7. The predicted octanol–water partition coefficient (Wildman–Crippen LogP) is 3.92. The molecule has 4 rings (SSSR count). The van der Waals surface area contributed by atoms with Gasteiger partial charge in [-0.3, -0.25) is 14.5 Å². The van der Waals surface area contributed by atoms with Gasteiger partial charge in [0, 0.05) is 17.6 Å². The number of likely N-dealkylation sites (N-methyl/N-ethyl adjacent to an activating group) is 1. The summed E-state index contributed by atoms with van der Waals surface area (Å²) in [6.45, 7) is 8.72. The van der Waals surface area contributed by atoms with Gasteiger partial charge in [-0.15, -0.1) is 0 Å². The van der Waals surface area contributed by atoms with Gasteiger partial charge in [-0.1, -0.05) is 30.9 Å². The number of thiocarbonyl (C=S) groups is 1. The molecule has 3 heterocycles. The highest BCUT2D eigenvalue weighted by atomic mass is 32.2. The molecule has 0 spiro atoms. The third-order valence-electron chi connectivity index (χ3n) is 5.59. The number of rotatable bonds is 2. The van der Waals surface area contributed by atoms with E-state index < -0.39 is 0 Å². The Labute approximate surface area is 168 Å². The maximum absolute atomic E-state index is 13.5. The number of anilines is 1. The molecule has 1 aromatic rings. The summed E-state index contributed by atoms with van der Waals surface area (Å²) in [5.74, 6) is 0.692. The van der Waals surface area contributed by atoms with E-state index in [2.05, 4.69) is 20.8 Å². The van der Waals surface area contributed by atoms with Gasteiger partial charge in [-0.2, -0.15) is 0 Å². The molecule has 1 saturated heterocycles. The van der Waals surface area contributed by atoms with Crippen molar-refractivity contribution in [3.63, 3.8) is 0 Å². The molecule has 0 bridgehead atoms. The summed E-state index contributed by atoms with van der Waals surface area (Å²) in [7, 11) is 1.62. The van der Waals surface area contributed by atoms with E-state index in [9.17, 15) is 9.59 Å². The normalized spacial score (nSPS) is 26.1. The van der Waals surface area contributed by atoms with Crippen LogP contribution in [0.5, 0.6) is 5.75 Å². The fourth-order valence-corrected chi connectivity index (χ4v) is 5.92. The van der Waals surface area contributed by atoms with Crippen LogP contribution in [0, 0.1) is 0 Å². The Morgan fingerprint density at radius 2 is 2.00 bits per heavy atom. The number of ether oxygens (including phenoxy) is 1. The zero-order valence-electron chi connectivity index (χ0n) is 16.1. The van der Waals surface area contributed by atoms with Crippen molar-refractivity contribution in [3.05, 3.63) is 28.2 Å². The maximum atomic E-state index is 13.5. The van der Waals surface area contributed by atoms with Crippen LogP contribution in [0.4, 0.5) is 5.69 Å². The molecule has 0 aromatic heterocycles. The first-order valence-corrected chi connectivity index (χ1v) is 10.3. The van der Waals surface area contributed by atoms with Crippen LogP contribution < -0.4 is 9.64 Å².